The first kappa shape index (κ1) is 22.8. The maximum Gasteiger partial charge on any atom is 0.711 e. The fourth-order valence-electron chi connectivity index (χ4n) is 0. The average molecular weight is 200 g/mol. The first-order valence-electron chi connectivity index (χ1n) is 0.860. The van der Waals surface area contributed by atoms with E-state index in [9.17, 15) is 4.11 Å². The third-order valence-electron chi connectivity index (χ3n) is 0. The lowest BCUT2D eigenvalue weighted by Gasteiger charge is -1.87. The molecule has 0 amide bonds. The number of halogens is 1. The molecule has 0 aliphatic rings. The minimum atomic E-state index is -5.11. The van der Waals surface area contributed by atoms with Crippen LogP contribution in [0, 0.1) is 0 Å². The summed E-state index contributed by atoms with van der Waals surface area (Å²) in [5, 5.41) is 0. The van der Waals surface area contributed by atoms with Crippen molar-refractivity contribution in [1.29, 1.82) is 0 Å². The highest BCUT2D eigenvalue weighted by molar-refractivity contribution is 6.92. The molecule has 0 saturated carbocycles. The van der Waals surface area contributed by atoms with Crippen LogP contribution in [0.15, 0.2) is 0 Å². The molecule has 0 saturated heterocycles. The van der Waals surface area contributed by atoms with Crippen LogP contribution in [0.5, 0.6) is 0 Å². The van der Waals surface area contributed by atoms with Crippen LogP contribution in [0.3, 0.4) is 0 Å². The van der Waals surface area contributed by atoms with Crippen LogP contribution >= 0.6 is 29.7 Å². The van der Waals surface area contributed by atoms with Crippen molar-refractivity contribution < 1.29 is 18.5 Å². The van der Waals surface area contributed by atoms with E-state index in [-0.39, 0.29) is 29.7 Å². The second kappa shape index (κ2) is 8.32. The van der Waals surface area contributed by atoms with E-state index in [4.69, 9.17) is 14.4 Å². The Morgan fingerprint density at radius 1 is 0.875 bits per heavy atom. The van der Waals surface area contributed by atoms with Crippen molar-refractivity contribution in [2.24, 2.45) is 0 Å². The largest absolute Gasteiger partial charge is 0.711 e. The highest BCUT2D eigenvalue weighted by atomic mass is 31.0. The van der Waals surface area contributed by atoms with Gasteiger partial charge in [0.1, 0.15) is 0 Å². The Morgan fingerprint density at radius 2 is 0.875 bits per heavy atom. The Balaban J connectivity index is -0.0000000267. The molecule has 8 heteroatoms. The summed E-state index contributed by atoms with van der Waals surface area (Å²) in [6.07, 6.45) is 0. The van der Waals surface area contributed by atoms with Gasteiger partial charge in [0, 0.05) is 0 Å². The van der Waals surface area contributed by atoms with E-state index < -0.39 is 9.14 Å². The quantitative estimate of drug-likeness (QED) is 0.254. The lowest BCUT2D eigenvalue weighted by atomic mass is 15.8. The van der Waals surface area contributed by atoms with Gasteiger partial charge in [-0.15, -0.1) is 0 Å². The molecule has 3 unspecified atom stereocenters. The smallest absolute Gasteiger partial charge is 0.365 e. The average Bonchev–Trinajstić information content (AvgIpc) is 0.722. The van der Waals surface area contributed by atoms with Crippen molar-refractivity contribution in [2.45, 2.75) is 0 Å². The number of hydrogen-bond acceptors (Lipinski definition) is 3. The molecule has 0 aliphatic carbocycles. The van der Waals surface area contributed by atoms with E-state index in [0.717, 1.165) is 0 Å². The van der Waals surface area contributed by atoms with E-state index in [1.165, 1.54) is 0 Å². The molecule has 0 spiro atoms. The molecule has 0 bridgehead atoms. The van der Waals surface area contributed by atoms with Gasteiger partial charge >= 0.3 is 9.14 Å². The predicted octanol–water partition coefficient (Wildman–Crippen LogP) is -1.46. The van der Waals surface area contributed by atoms with E-state index in [2.05, 4.69) is 0 Å². The van der Waals surface area contributed by atoms with Crippen molar-refractivity contribution in [3.8, 4) is 0 Å². The minimum Gasteiger partial charge on any atom is -0.365 e. The Hall–Kier alpha value is 1.32. The fraction of sp³-hybridized carbons (Fsp3) is 0. The topological polar surface area (TPSA) is 60.7 Å². The Kier molecular flexibility index (Phi) is 23.7. The highest BCUT2D eigenvalue weighted by Gasteiger charge is 2.26. The third kappa shape index (κ3) is 168. The second-order valence-electron chi connectivity index (χ2n) is 0.554. The van der Waals surface area contributed by atoms with Crippen molar-refractivity contribution in [2.75, 3.05) is 0 Å². The van der Waals surface area contributed by atoms with Crippen LogP contribution in [-0.4, -0.2) is 23.5 Å². The van der Waals surface area contributed by atoms with Gasteiger partial charge in [-0.25, -0.2) is 4.11 Å². The van der Waals surface area contributed by atoms with Gasteiger partial charge in [0.25, 0.3) is 0 Å². The lowest BCUT2D eigenvalue weighted by Crippen LogP contribution is -2.27. The molecule has 0 fully saturated rings. The Bertz CT molecular complexity index is 30.0. The van der Waals surface area contributed by atoms with Crippen molar-refractivity contribution in [3.63, 3.8) is 0 Å². The molecule has 0 radical (unpaired) electrons. The Labute approximate surface area is 58.1 Å². The van der Waals surface area contributed by atoms with Gasteiger partial charge in [0.05, 0.1) is 0 Å². The zero-order chi connectivity index (χ0) is 4.50. The SMILES string of the molecule is O[Si](O)(O)F.P.P.P. The van der Waals surface area contributed by atoms with Gasteiger partial charge in [-0.3, -0.25) is 0 Å². The molecule has 3 atom stereocenters. The van der Waals surface area contributed by atoms with Crippen molar-refractivity contribution in [1.82, 2.24) is 0 Å². The summed E-state index contributed by atoms with van der Waals surface area (Å²) in [4.78, 5) is 21.3. The monoisotopic (exact) mass is 200 g/mol. The fourth-order valence-corrected chi connectivity index (χ4v) is 0. The normalized spacial score (nSPS) is 7.50. The maximum atomic E-state index is 10.5. The van der Waals surface area contributed by atoms with Crippen LogP contribution in [0.2, 0.25) is 0 Å². The second-order valence-corrected chi connectivity index (χ2v) is 1.66. The van der Waals surface area contributed by atoms with Crippen LogP contribution < -0.4 is 0 Å². The van der Waals surface area contributed by atoms with E-state index >= 15 is 0 Å². The maximum absolute atomic E-state index is 10.5. The lowest BCUT2D eigenvalue weighted by molar-refractivity contribution is 0.165. The number of rotatable bonds is 0. The van der Waals surface area contributed by atoms with Crippen LogP contribution in [0.25, 0.3) is 0 Å². The van der Waals surface area contributed by atoms with Crippen molar-refractivity contribution >= 4 is 38.8 Å². The zero-order valence-electron chi connectivity index (χ0n) is 4.34. The van der Waals surface area contributed by atoms with Gasteiger partial charge in [-0.2, -0.15) is 29.7 Å². The van der Waals surface area contributed by atoms with Crippen LogP contribution in [-0.2, 0) is 0 Å². The van der Waals surface area contributed by atoms with Crippen molar-refractivity contribution in [3.05, 3.63) is 0 Å². The summed E-state index contributed by atoms with van der Waals surface area (Å²) >= 11 is 0. The summed E-state index contributed by atoms with van der Waals surface area (Å²) in [5.74, 6) is 0. The molecular formula is H12FO3P3Si. The molecule has 0 aromatic carbocycles. The van der Waals surface area contributed by atoms with Crippen LogP contribution in [0.1, 0.15) is 0 Å². The third-order valence-corrected chi connectivity index (χ3v) is 0. The molecule has 0 rings (SSSR count). The Morgan fingerprint density at radius 3 is 0.875 bits per heavy atom. The molecule has 8 heavy (non-hydrogen) atoms. The van der Waals surface area contributed by atoms with Gasteiger partial charge in [0.15, 0.2) is 0 Å². The standard InChI is InChI=1S/FH3O3Si.3H3P/c1-5(2,3)4;;;/h2-4H;3*1H3. The molecule has 56 valence electrons. The molecule has 0 aromatic heterocycles. The van der Waals surface area contributed by atoms with Gasteiger partial charge in [-0.05, 0) is 0 Å². The molecule has 0 aliphatic heterocycles. The molecule has 3 N–H and O–H groups in total. The number of hydrogen-bond donors (Lipinski definition) is 3. The van der Waals surface area contributed by atoms with Gasteiger partial charge in [-0.1, -0.05) is 0 Å². The molecule has 0 heterocycles. The minimum absolute atomic E-state index is 0. The predicted molar refractivity (Wildman–Crippen MR) is 46.8 cm³/mol. The summed E-state index contributed by atoms with van der Waals surface area (Å²) < 4.78 is 10.5. The summed E-state index contributed by atoms with van der Waals surface area (Å²) in [6, 6.07) is 0. The van der Waals surface area contributed by atoms with Gasteiger partial charge in [0.2, 0.25) is 0 Å². The van der Waals surface area contributed by atoms with Gasteiger partial charge < -0.3 is 14.4 Å². The summed E-state index contributed by atoms with van der Waals surface area (Å²) in [6.45, 7) is 0. The zero-order valence-corrected chi connectivity index (χ0v) is 9.58. The molecule has 3 nitrogen and oxygen atoms in total. The highest BCUT2D eigenvalue weighted by Crippen LogP contribution is 1.79. The first-order valence-corrected chi connectivity index (χ1v) is 2.58. The van der Waals surface area contributed by atoms with Crippen LogP contribution in [0.4, 0.5) is 4.11 Å². The summed E-state index contributed by atoms with van der Waals surface area (Å²) in [5.41, 5.74) is 0. The first-order chi connectivity index (χ1) is 2.00. The van der Waals surface area contributed by atoms with E-state index in [0.29, 0.717) is 0 Å². The summed E-state index contributed by atoms with van der Waals surface area (Å²) in [7, 11) is -5.11. The van der Waals surface area contributed by atoms with E-state index in [1.54, 1.807) is 0 Å². The van der Waals surface area contributed by atoms with E-state index in [1.807, 2.05) is 0 Å². The molecule has 0 aromatic rings. The molecular weight excluding hydrogens is 188 g/mol.